The maximum Gasteiger partial charge on any atom is 0.240 e. The van der Waals surface area contributed by atoms with Gasteiger partial charge in [0.1, 0.15) is 5.82 Å². The number of benzene rings is 2. The molecule has 0 aliphatic rings. The van der Waals surface area contributed by atoms with Gasteiger partial charge in [-0.1, -0.05) is 6.07 Å². The van der Waals surface area contributed by atoms with Gasteiger partial charge in [-0.05, 0) is 48.9 Å². The average Bonchev–Trinajstić information content (AvgIpc) is 2.57. The van der Waals surface area contributed by atoms with Gasteiger partial charge in [-0.3, -0.25) is 9.59 Å². The molecule has 144 valence electrons. The van der Waals surface area contributed by atoms with E-state index in [-0.39, 0.29) is 29.7 Å². The number of rotatable bonds is 7. The number of carbonyl (C=O) groups is 2. The Morgan fingerprint density at radius 2 is 1.70 bits per heavy atom. The zero-order valence-electron chi connectivity index (χ0n) is 14.9. The van der Waals surface area contributed by atoms with Crippen LogP contribution in [0.2, 0.25) is 0 Å². The van der Waals surface area contributed by atoms with Crippen molar-refractivity contribution in [3.05, 3.63) is 53.8 Å². The number of nitrogens with one attached hydrogen (secondary N) is 3. The highest BCUT2D eigenvalue weighted by molar-refractivity contribution is 7.89. The van der Waals surface area contributed by atoms with E-state index in [2.05, 4.69) is 15.4 Å². The summed E-state index contributed by atoms with van der Waals surface area (Å²) in [7, 11) is -3.82. The summed E-state index contributed by atoms with van der Waals surface area (Å²) in [5, 5.41) is 5.30. The highest BCUT2D eigenvalue weighted by Crippen LogP contribution is 2.20. The van der Waals surface area contributed by atoms with E-state index in [1.807, 2.05) is 0 Å². The first kappa shape index (κ1) is 20.5. The largest absolute Gasteiger partial charge is 0.326 e. The van der Waals surface area contributed by atoms with E-state index in [4.69, 9.17) is 0 Å². The molecule has 2 aromatic carbocycles. The lowest BCUT2D eigenvalue weighted by Crippen LogP contribution is -2.28. The lowest BCUT2D eigenvalue weighted by Gasteiger charge is -2.11. The first-order chi connectivity index (χ1) is 12.7. The molecule has 2 rings (SSSR count). The summed E-state index contributed by atoms with van der Waals surface area (Å²) < 4.78 is 39.3. The summed E-state index contributed by atoms with van der Waals surface area (Å²) >= 11 is 0. The molecule has 0 heterocycles. The lowest BCUT2D eigenvalue weighted by molar-refractivity contribution is -0.116. The van der Waals surface area contributed by atoms with Crippen LogP contribution in [0.1, 0.15) is 18.9 Å². The molecule has 0 atom stereocenters. The molecule has 7 nitrogen and oxygen atoms in total. The van der Waals surface area contributed by atoms with Crippen molar-refractivity contribution in [2.75, 3.05) is 17.2 Å². The summed E-state index contributed by atoms with van der Waals surface area (Å²) in [6, 6.07) is 9.47. The molecule has 0 bridgehead atoms. The van der Waals surface area contributed by atoms with Gasteiger partial charge in [0, 0.05) is 31.3 Å². The number of aryl methyl sites for hydroxylation is 1. The van der Waals surface area contributed by atoms with Crippen LogP contribution >= 0.6 is 0 Å². The molecule has 0 saturated heterocycles. The highest BCUT2D eigenvalue weighted by Gasteiger charge is 2.14. The molecule has 0 aliphatic heterocycles. The third kappa shape index (κ3) is 6.15. The Morgan fingerprint density at radius 3 is 2.33 bits per heavy atom. The van der Waals surface area contributed by atoms with Gasteiger partial charge in [-0.25, -0.2) is 17.5 Å². The van der Waals surface area contributed by atoms with Crippen LogP contribution in [0.4, 0.5) is 15.8 Å². The summed E-state index contributed by atoms with van der Waals surface area (Å²) in [5.41, 5.74) is 1.86. The van der Waals surface area contributed by atoms with Crippen molar-refractivity contribution in [1.29, 1.82) is 0 Å². The Bertz CT molecular complexity index is 944. The zero-order valence-corrected chi connectivity index (χ0v) is 15.7. The molecule has 0 aliphatic carbocycles. The van der Waals surface area contributed by atoms with Crippen LogP contribution in [-0.2, 0) is 19.6 Å². The van der Waals surface area contributed by atoms with Crippen LogP contribution in [0.15, 0.2) is 47.4 Å². The first-order valence-corrected chi connectivity index (χ1v) is 9.59. The Labute approximate surface area is 157 Å². The summed E-state index contributed by atoms with van der Waals surface area (Å²) in [6.45, 7) is 3.06. The van der Waals surface area contributed by atoms with E-state index in [9.17, 15) is 22.4 Å². The Hall–Kier alpha value is -2.78. The number of hydrogen-bond donors (Lipinski definition) is 3. The molecular weight excluding hydrogens is 373 g/mol. The monoisotopic (exact) mass is 393 g/mol. The summed E-state index contributed by atoms with van der Waals surface area (Å²) in [5.74, 6) is -1.16. The molecular formula is C18H20FN3O4S. The van der Waals surface area contributed by atoms with Gasteiger partial charge in [0.05, 0.1) is 4.90 Å². The van der Waals surface area contributed by atoms with Gasteiger partial charge in [-0.2, -0.15) is 0 Å². The predicted octanol–water partition coefficient (Wildman–Crippen LogP) is 2.40. The second kappa shape index (κ2) is 8.74. The molecule has 0 spiro atoms. The van der Waals surface area contributed by atoms with Crippen LogP contribution in [0.3, 0.4) is 0 Å². The van der Waals surface area contributed by atoms with Gasteiger partial charge >= 0.3 is 0 Å². The van der Waals surface area contributed by atoms with Crippen molar-refractivity contribution in [3.63, 3.8) is 0 Å². The van der Waals surface area contributed by atoms with Gasteiger partial charge < -0.3 is 10.6 Å². The van der Waals surface area contributed by atoms with Gasteiger partial charge in [0.2, 0.25) is 21.8 Å². The number of amides is 2. The van der Waals surface area contributed by atoms with Gasteiger partial charge in [-0.15, -0.1) is 0 Å². The van der Waals surface area contributed by atoms with Gasteiger partial charge in [0.25, 0.3) is 0 Å². The second-order valence-electron chi connectivity index (χ2n) is 5.86. The average molecular weight is 393 g/mol. The SMILES string of the molecule is CC(=O)Nc1ccc(C)c(NC(=O)CCNS(=O)(=O)c2ccc(F)cc2)c1. The predicted molar refractivity (Wildman–Crippen MR) is 100 cm³/mol. The number of sulfonamides is 1. The molecule has 0 fully saturated rings. The van der Waals surface area contributed by atoms with E-state index < -0.39 is 15.8 Å². The molecule has 27 heavy (non-hydrogen) atoms. The van der Waals surface area contributed by atoms with E-state index in [1.54, 1.807) is 25.1 Å². The zero-order chi connectivity index (χ0) is 20.0. The molecule has 9 heteroatoms. The Kier molecular flexibility index (Phi) is 6.65. The third-order valence-corrected chi connectivity index (χ3v) is 5.08. The summed E-state index contributed by atoms with van der Waals surface area (Å²) in [4.78, 5) is 23.1. The minimum atomic E-state index is -3.82. The van der Waals surface area contributed by atoms with E-state index >= 15 is 0 Å². The highest BCUT2D eigenvalue weighted by atomic mass is 32.2. The van der Waals surface area contributed by atoms with Crippen molar-refractivity contribution in [2.45, 2.75) is 25.2 Å². The van der Waals surface area contributed by atoms with Crippen molar-refractivity contribution < 1.29 is 22.4 Å². The molecule has 0 aromatic heterocycles. The van der Waals surface area contributed by atoms with Crippen molar-refractivity contribution in [1.82, 2.24) is 4.72 Å². The lowest BCUT2D eigenvalue weighted by atomic mass is 10.1. The molecule has 2 amide bonds. The second-order valence-corrected chi connectivity index (χ2v) is 7.63. The standard InChI is InChI=1S/C18H20FN3O4S/c1-12-3-6-15(21-13(2)23)11-17(12)22-18(24)9-10-20-27(25,26)16-7-4-14(19)5-8-16/h3-8,11,20H,9-10H2,1-2H3,(H,21,23)(H,22,24). The fourth-order valence-corrected chi connectivity index (χ4v) is 3.28. The number of hydrogen-bond acceptors (Lipinski definition) is 4. The minimum absolute atomic E-state index is 0.0804. The Balaban J connectivity index is 1.93. The van der Waals surface area contributed by atoms with Crippen LogP contribution in [0.25, 0.3) is 0 Å². The smallest absolute Gasteiger partial charge is 0.240 e. The van der Waals surface area contributed by atoms with Gasteiger partial charge in [0.15, 0.2) is 0 Å². The van der Waals surface area contributed by atoms with Crippen molar-refractivity contribution in [3.8, 4) is 0 Å². The molecule has 0 radical (unpaired) electrons. The summed E-state index contributed by atoms with van der Waals surface area (Å²) in [6.07, 6.45) is -0.0930. The number of anilines is 2. The van der Waals surface area contributed by atoms with E-state index in [0.717, 1.165) is 29.8 Å². The van der Waals surface area contributed by atoms with Crippen molar-refractivity contribution >= 4 is 33.2 Å². The topological polar surface area (TPSA) is 104 Å². The molecule has 0 unspecified atom stereocenters. The third-order valence-electron chi connectivity index (χ3n) is 3.60. The maximum absolute atomic E-state index is 12.9. The van der Waals surface area contributed by atoms with Crippen LogP contribution < -0.4 is 15.4 Å². The van der Waals surface area contributed by atoms with Crippen LogP contribution in [0.5, 0.6) is 0 Å². The van der Waals surface area contributed by atoms with E-state index in [1.165, 1.54) is 6.92 Å². The fraction of sp³-hybridized carbons (Fsp3) is 0.222. The Morgan fingerprint density at radius 1 is 1.04 bits per heavy atom. The molecule has 3 N–H and O–H groups in total. The quantitative estimate of drug-likeness (QED) is 0.672. The van der Waals surface area contributed by atoms with Crippen molar-refractivity contribution in [2.24, 2.45) is 0 Å². The molecule has 2 aromatic rings. The maximum atomic E-state index is 12.9. The normalized spacial score (nSPS) is 11.1. The number of carbonyl (C=O) groups excluding carboxylic acids is 2. The van der Waals surface area contributed by atoms with E-state index in [0.29, 0.717) is 11.4 Å². The first-order valence-electron chi connectivity index (χ1n) is 8.11. The van der Waals surface area contributed by atoms with Crippen LogP contribution in [0, 0.1) is 12.7 Å². The molecule has 0 saturated carbocycles. The van der Waals surface area contributed by atoms with Crippen LogP contribution in [-0.4, -0.2) is 26.8 Å². The minimum Gasteiger partial charge on any atom is -0.326 e. The fourth-order valence-electron chi connectivity index (χ4n) is 2.25. The number of halogens is 1.